The molecule has 3 aromatic rings. The summed E-state index contributed by atoms with van der Waals surface area (Å²) in [7, 11) is 2.08. The van der Waals surface area contributed by atoms with Crippen molar-refractivity contribution >= 4 is 11.5 Å². The number of ether oxygens (including phenoxy) is 2. The maximum absolute atomic E-state index is 9.80. The summed E-state index contributed by atoms with van der Waals surface area (Å²) in [6.45, 7) is 5.83. The van der Waals surface area contributed by atoms with Gasteiger partial charge in [0.1, 0.15) is 23.7 Å². The van der Waals surface area contributed by atoms with Crippen molar-refractivity contribution in [3.05, 3.63) is 71.4 Å². The number of aromatic nitrogens is 1. The number of anilines is 2. The lowest BCUT2D eigenvalue weighted by atomic mass is 9.99. The van der Waals surface area contributed by atoms with Crippen molar-refractivity contribution < 1.29 is 9.47 Å². The number of nitrogens with zero attached hydrogens (tertiary/aromatic N) is 4. The van der Waals surface area contributed by atoms with E-state index in [-0.39, 0.29) is 6.10 Å². The molecule has 7 heteroatoms. The average molecular weight is 494 g/mol. The molecule has 2 saturated heterocycles. The van der Waals surface area contributed by atoms with Crippen LogP contribution in [0.4, 0.5) is 11.5 Å². The van der Waals surface area contributed by atoms with E-state index >= 15 is 0 Å². The van der Waals surface area contributed by atoms with Crippen LogP contribution in [0.2, 0.25) is 0 Å². The molecule has 0 amide bonds. The number of benzene rings is 2. The summed E-state index contributed by atoms with van der Waals surface area (Å²) in [6.07, 6.45) is 8.74. The van der Waals surface area contributed by atoms with Crippen molar-refractivity contribution in [1.82, 2.24) is 9.88 Å². The molecular formula is C30H31N5O2. The maximum atomic E-state index is 9.80. The first kappa shape index (κ1) is 24.6. The van der Waals surface area contributed by atoms with E-state index in [1.807, 2.05) is 24.3 Å². The molecule has 5 rings (SSSR count). The van der Waals surface area contributed by atoms with Crippen LogP contribution in [0, 0.1) is 23.7 Å². The molecule has 0 radical (unpaired) electrons. The van der Waals surface area contributed by atoms with Gasteiger partial charge in [-0.25, -0.2) is 4.98 Å². The number of likely N-dealkylation sites (tertiary alicyclic amines) is 1. The largest absolute Gasteiger partial charge is 0.488 e. The van der Waals surface area contributed by atoms with Gasteiger partial charge in [-0.15, -0.1) is 6.42 Å². The topological polar surface area (TPSA) is 73.7 Å². The minimum atomic E-state index is 0.101. The molecule has 1 unspecified atom stereocenters. The van der Waals surface area contributed by atoms with E-state index in [2.05, 4.69) is 63.4 Å². The fraction of sp³-hybridized carbons (Fsp3) is 0.333. The normalized spacial score (nSPS) is 17.7. The summed E-state index contributed by atoms with van der Waals surface area (Å²) in [6, 6.07) is 18.4. The van der Waals surface area contributed by atoms with Crippen molar-refractivity contribution in [2.75, 3.05) is 56.7 Å². The van der Waals surface area contributed by atoms with Crippen LogP contribution in [0.5, 0.6) is 5.75 Å². The molecule has 1 aromatic heterocycles. The zero-order chi connectivity index (χ0) is 25.6. The highest BCUT2D eigenvalue weighted by atomic mass is 16.5. The highest BCUT2D eigenvalue weighted by Gasteiger charge is 2.22. The molecule has 188 valence electrons. The fourth-order valence-corrected chi connectivity index (χ4v) is 4.87. The molecule has 2 aliphatic rings. The molecule has 2 aliphatic heterocycles. The second-order valence-corrected chi connectivity index (χ2v) is 9.46. The molecule has 0 spiro atoms. The summed E-state index contributed by atoms with van der Waals surface area (Å²) in [5, 5.41) is 13.2. The molecule has 1 atom stereocenters. The van der Waals surface area contributed by atoms with Crippen LogP contribution in [-0.4, -0.2) is 62.4 Å². The number of nitrogens with one attached hydrogen (secondary N) is 1. The van der Waals surface area contributed by atoms with Gasteiger partial charge in [-0.05, 0) is 54.9 Å². The van der Waals surface area contributed by atoms with Crippen LogP contribution in [0.15, 0.2) is 54.7 Å². The maximum Gasteiger partial charge on any atom is 0.142 e. The minimum Gasteiger partial charge on any atom is -0.488 e. The summed E-state index contributed by atoms with van der Waals surface area (Å²) in [5.41, 5.74) is 5.23. The Balaban J connectivity index is 1.31. The van der Waals surface area contributed by atoms with Crippen molar-refractivity contribution in [2.24, 2.45) is 0 Å². The van der Waals surface area contributed by atoms with Gasteiger partial charge in [0.25, 0.3) is 0 Å². The smallest absolute Gasteiger partial charge is 0.142 e. The van der Waals surface area contributed by atoms with Crippen LogP contribution in [-0.2, 0) is 11.3 Å². The van der Waals surface area contributed by atoms with Gasteiger partial charge < -0.3 is 24.6 Å². The predicted molar refractivity (Wildman–Crippen MR) is 146 cm³/mol. The Hall–Kier alpha value is -4.04. The van der Waals surface area contributed by atoms with Gasteiger partial charge in [0.15, 0.2) is 0 Å². The van der Waals surface area contributed by atoms with Gasteiger partial charge in [-0.3, -0.25) is 0 Å². The summed E-state index contributed by atoms with van der Waals surface area (Å²) >= 11 is 0. The summed E-state index contributed by atoms with van der Waals surface area (Å²) in [4.78, 5) is 9.07. The standard InChI is InChI=1S/C30H31N5O2/c1-3-27-28(23-6-9-29(24(18-23)19-31)37-26-11-13-34(2)21-26)10-12-32-30(27)33-20-22-4-7-25(8-5-22)35-14-16-36-17-15-35/h1,4-10,12,18,26H,11,13-17,20-21H2,2H3,(H,32,33). The lowest BCUT2D eigenvalue weighted by Crippen LogP contribution is -2.36. The zero-order valence-electron chi connectivity index (χ0n) is 21.1. The zero-order valence-corrected chi connectivity index (χ0v) is 21.1. The van der Waals surface area contributed by atoms with E-state index in [1.165, 1.54) is 5.69 Å². The van der Waals surface area contributed by atoms with Gasteiger partial charge in [0.05, 0.1) is 24.3 Å². The van der Waals surface area contributed by atoms with Gasteiger partial charge in [-0.2, -0.15) is 5.26 Å². The number of likely N-dealkylation sites (N-methyl/N-ethyl adjacent to an activating group) is 1. The van der Waals surface area contributed by atoms with E-state index in [0.717, 1.165) is 62.5 Å². The molecule has 0 saturated carbocycles. The van der Waals surface area contributed by atoms with Crippen LogP contribution < -0.4 is 15.0 Å². The predicted octanol–water partition coefficient (Wildman–Crippen LogP) is 4.13. The Morgan fingerprint density at radius 3 is 2.65 bits per heavy atom. The first-order valence-corrected chi connectivity index (χ1v) is 12.7. The first-order valence-electron chi connectivity index (χ1n) is 12.7. The van der Waals surface area contributed by atoms with Crippen LogP contribution >= 0.6 is 0 Å². The molecule has 2 aromatic carbocycles. The van der Waals surface area contributed by atoms with Crippen molar-refractivity contribution in [3.63, 3.8) is 0 Å². The number of morpholine rings is 1. The molecule has 0 bridgehead atoms. The second kappa shape index (κ2) is 11.3. The average Bonchev–Trinajstić information content (AvgIpc) is 3.36. The van der Waals surface area contributed by atoms with Crippen molar-refractivity contribution in [2.45, 2.75) is 19.1 Å². The van der Waals surface area contributed by atoms with Gasteiger partial charge in [0, 0.05) is 50.2 Å². The fourth-order valence-electron chi connectivity index (χ4n) is 4.87. The second-order valence-electron chi connectivity index (χ2n) is 9.46. The number of nitriles is 1. The first-order chi connectivity index (χ1) is 18.1. The molecule has 7 nitrogen and oxygen atoms in total. The third kappa shape index (κ3) is 5.70. The Labute approximate surface area is 218 Å². The monoisotopic (exact) mass is 493 g/mol. The van der Waals surface area contributed by atoms with Gasteiger partial charge in [-0.1, -0.05) is 24.1 Å². The lowest BCUT2D eigenvalue weighted by molar-refractivity contribution is 0.122. The third-order valence-corrected chi connectivity index (χ3v) is 6.92. The van der Waals surface area contributed by atoms with Crippen LogP contribution in [0.1, 0.15) is 23.1 Å². The molecule has 1 N–H and O–H groups in total. The Morgan fingerprint density at radius 2 is 1.95 bits per heavy atom. The Morgan fingerprint density at radius 1 is 1.14 bits per heavy atom. The van der Waals surface area contributed by atoms with Crippen LogP contribution in [0.3, 0.4) is 0 Å². The summed E-state index contributed by atoms with van der Waals surface area (Å²) < 4.78 is 11.6. The highest BCUT2D eigenvalue weighted by Crippen LogP contribution is 2.32. The Kier molecular flexibility index (Phi) is 7.56. The summed E-state index contributed by atoms with van der Waals surface area (Å²) in [5.74, 6) is 4.06. The van der Waals surface area contributed by atoms with Gasteiger partial charge in [0.2, 0.25) is 0 Å². The van der Waals surface area contributed by atoms with E-state index in [0.29, 0.717) is 29.2 Å². The highest BCUT2D eigenvalue weighted by molar-refractivity contribution is 5.78. The number of hydrogen-bond acceptors (Lipinski definition) is 7. The SMILES string of the molecule is C#Cc1c(-c2ccc(OC3CCN(C)C3)c(C#N)c2)ccnc1NCc1ccc(N2CCOCC2)cc1. The molecule has 37 heavy (non-hydrogen) atoms. The van der Waals surface area contributed by atoms with Crippen LogP contribution in [0.25, 0.3) is 11.1 Å². The minimum absolute atomic E-state index is 0.101. The lowest BCUT2D eigenvalue weighted by Gasteiger charge is -2.28. The van der Waals surface area contributed by atoms with Crippen molar-refractivity contribution in [3.8, 4) is 35.3 Å². The third-order valence-electron chi connectivity index (χ3n) is 6.92. The number of rotatable bonds is 7. The molecule has 2 fully saturated rings. The number of pyridine rings is 1. The van der Waals surface area contributed by atoms with Gasteiger partial charge >= 0.3 is 0 Å². The van der Waals surface area contributed by atoms with Crippen molar-refractivity contribution in [1.29, 1.82) is 5.26 Å². The Bertz CT molecular complexity index is 1320. The quantitative estimate of drug-likeness (QED) is 0.496. The molecular weight excluding hydrogens is 462 g/mol. The van der Waals surface area contributed by atoms with E-state index in [1.54, 1.807) is 6.20 Å². The van der Waals surface area contributed by atoms with E-state index in [4.69, 9.17) is 15.9 Å². The van der Waals surface area contributed by atoms with E-state index < -0.39 is 0 Å². The molecule has 3 heterocycles. The number of terminal acetylenes is 1. The number of hydrogen-bond donors (Lipinski definition) is 1. The van der Waals surface area contributed by atoms with E-state index in [9.17, 15) is 5.26 Å². The molecule has 0 aliphatic carbocycles.